The zero-order valence-corrected chi connectivity index (χ0v) is 11.2. The van der Waals surface area contributed by atoms with Gasteiger partial charge in [-0.25, -0.2) is 8.78 Å². The molecule has 108 valence electrons. The van der Waals surface area contributed by atoms with Gasteiger partial charge in [-0.05, 0) is 18.2 Å². The molecule has 0 radical (unpaired) electrons. The van der Waals surface area contributed by atoms with Crippen molar-refractivity contribution in [2.24, 2.45) is 7.05 Å². The van der Waals surface area contributed by atoms with Crippen molar-refractivity contribution in [3.05, 3.63) is 53.4 Å². The highest BCUT2D eigenvalue weighted by atomic mass is 19.1. The zero-order valence-electron chi connectivity index (χ0n) is 11.2. The topological polar surface area (TPSA) is 50.1 Å². The van der Waals surface area contributed by atoms with Gasteiger partial charge < -0.3 is 10.4 Å². The maximum atomic E-state index is 13.4. The van der Waals surface area contributed by atoms with Crippen LogP contribution >= 0.6 is 0 Å². The number of hydrogen-bond donors (Lipinski definition) is 2. The van der Waals surface area contributed by atoms with E-state index in [0.29, 0.717) is 13.0 Å². The summed E-state index contributed by atoms with van der Waals surface area (Å²) in [4.78, 5) is 0. The predicted molar refractivity (Wildman–Crippen MR) is 71.1 cm³/mol. The molecule has 2 aromatic rings. The van der Waals surface area contributed by atoms with Crippen molar-refractivity contribution in [3.63, 3.8) is 0 Å². The Morgan fingerprint density at radius 2 is 2.00 bits per heavy atom. The summed E-state index contributed by atoms with van der Waals surface area (Å²) in [6.45, 7) is 0.662. The Kier molecular flexibility index (Phi) is 4.81. The molecule has 2 N–H and O–H groups in total. The van der Waals surface area contributed by atoms with Crippen LogP contribution in [0.25, 0.3) is 0 Å². The molecule has 0 fully saturated rings. The van der Waals surface area contributed by atoms with E-state index in [4.69, 9.17) is 0 Å². The van der Waals surface area contributed by atoms with Gasteiger partial charge in [-0.1, -0.05) is 6.07 Å². The third-order valence-corrected chi connectivity index (χ3v) is 3.00. The average molecular weight is 281 g/mol. The normalized spacial score (nSPS) is 12.6. The Morgan fingerprint density at radius 3 is 2.60 bits per heavy atom. The van der Waals surface area contributed by atoms with Gasteiger partial charge in [-0.3, -0.25) is 4.68 Å². The molecular formula is C14H17F2N3O. The highest BCUT2D eigenvalue weighted by Crippen LogP contribution is 2.19. The second kappa shape index (κ2) is 6.58. The van der Waals surface area contributed by atoms with Crippen LogP contribution in [0.4, 0.5) is 8.78 Å². The van der Waals surface area contributed by atoms with Crippen molar-refractivity contribution >= 4 is 0 Å². The van der Waals surface area contributed by atoms with E-state index < -0.39 is 17.7 Å². The van der Waals surface area contributed by atoms with Gasteiger partial charge in [-0.2, -0.15) is 5.10 Å². The lowest BCUT2D eigenvalue weighted by molar-refractivity contribution is 0.165. The lowest BCUT2D eigenvalue weighted by Gasteiger charge is -2.13. The van der Waals surface area contributed by atoms with Crippen molar-refractivity contribution in [2.45, 2.75) is 12.5 Å². The Bertz CT molecular complexity index is 551. The molecule has 6 heteroatoms. The van der Waals surface area contributed by atoms with Crippen LogP contribution in [0, 0.1) is 11.6 Å². The fraction of sp³-hybridized carbons (Fsp3) is 0.357. The van der Waals surface area contributed by atoms with Crippen molar-refractivity contribution in [1.29, 1.82) is 0 Å². The first-order chi connectivity index (χ1) is 9.58. The summed E-state index contributed by atoms with van der Waals surface area (Å²) in [5.74, 6) is -1.46. The van der Waals surface area contributed by atoms with E-state index in [1.807, 2.05) is 19.3 Å². The molecule has 0 saturated carbocycles. The Morgan fingerprint density at radius 1 is 1.30 bits per heavy atom. The van der Waals surface area contributed by atoms with Crippen LogP contribution in [0.5, 0.6) is 0 Å². The van der Waals surface area contributed by atoms with Crippen LogP contribution in [-0.2, 0) is 13.5 Å². The number of nitrogens with zero attached hydrogens (tertiary/aromatic N) is 2. The average Bonchev–Trinajstić information content (AvgIpc) is 2.80. The number of aromatic nitrogens is 2. The molecule has 2 rings (SSSR count). The molecule has 0 bridgehead atoms. The number of halogens is 2. The number of hydrogen-bond acceptors (Lipinski definition) is 3. The summed E-state index contributed by atoms with van der Waals surface area (Å²) >= 11 is 0. The summed E-state index contributed by atoms with van der Waals surface area (Å²) < 4.78 is 28.6. The van der Waals surface area contributed by atoms with Gasteiger partial charge in [0.1, 0.15) is 11.6 Å². The van der Waals surface area contributed by atoms with Gasteiger partial charge in [0.05, 0.1) is 17.4 Å². The molecule has 20 heavy (non-hydrogen) atoms. The molecular weight excluding hydrogens is 264 g/mol. The number of rotatable bonds is 6. The van der Waals surface area contributed by atoms with Crippen LogP contribution in [0.3, 0.4) is 0 Å². The maximum Gasteiger partial charge on any atom is 0.131 e. The number of aliphatic hydroxyl groups is 1. The second-order valence-electron chi connectivity index (χ2n) is 4.59. The van der Waals surface area contributed by atoms with Gasteiger partial charge >= 0.3 is 0 Å². The van der Waals surface area contributed by atoms with Gasteiger partial charge in [0.25, 0.3) is 0 Å². The molecule has 4 nitrogen and oxygen atoms in total. The monoisotopic (exact) mass is 281 g/mol. The fourth-order valence-electron chi connectivity index (χ4n) is 1.98. The van der Waals surface area contributed by atoms with E-state index in [2.05, 4.69) is 10.4 Å². The van der Waals surface area contributed by atoms with E-state index in [1.54, 1.807) is 4.68 Å². The molecule has 1 atom stereocenters. The van der Waals surface area contributed by atoms with Gasteiger partial charge in [0.15, 0.2) is 0 Å². The van der Waals surface area contributed by atoms with E-state index in [0.717, 1.165) is 17.8 Å². The standard InChI is InChI=1S/C14H17F2N3O/c1-19-8-6-10(18-19)5-7-17-9-13(20)14-11(15)3-2-4-12(14)16/h2-4,6,8,13,17,20H,5,7,9H2,1H3. The van der Waals surface area contributed by atoms with E-state index in [9.17, 15) is 13.9 Å². The van der Waals surface area contributed by atoms with Crippen molar-refractivity contribution < 1.29 is 13.9 Å². The molecule has 0 spiro atoms. The highest BCUT2D eigenvalue weighted by Gasteiger charge is 2.17. The summed E-state index contributed by atoms with van der Waals surface area (Å²) in [5, 5.41) is 17.0. The summed E-state index contributed by atoms with van der Waals surface area (Å²) in [5.41, 5.74) is 0.629. The molecule has 1 unspecified atom stereocenters. The summed E-state index contributed by atoms with van der Waals surface area (Å²) in [6, 6.07) is 5.44. The van der Waals surface area contributed by atoms with Gasteiger partial charge in [-0.15, -0.1) is 0 Å². The van der Waals surface area contributed by atoms with Gasteiger partial charge in [0.2, 0.25) is 0 Å². The number of benzene rings is 1. The highest BCUT2D eigenvalue weighted by molar-refractivity contribution is 5.22. The first-order valence-electron chi connectivity index (χ1n) is 6.39. The smallest absolute Gasteiger partial charge is 0.131 e. The molecule has 0 saturated heterocycles. The molecule has 0 aliphatic carbocycles. The molecule has 1 heterocycles. The van der Waals surface area contributed by atoms with Crippen LogP contribution in [-0.4, -0.2) is 28.0 Å². The van der Waals surface area contributed by atoms with E-state index >= 15 is 0 Å². The van der Waals surface area contributed by atoms with Crippen LogP contribution in [0.15, 0.2) is 30.5 Å². The first kappa shape index (κ1) is 14.6. The Hall–Kier alpha value is -1.79. The first-order valence-corrected chi connectivity index (χ1v) is 6.39. The van der Waals surface area contributed by atoms with Crippen LogP contribution in [0.1, 0.15) is 17.4 Å². The largest absolute Gasteiger partial charge is 0.387 e. The molecule has 0 amide bonds. The minimum absolute atomic E-state index is 0.0880. The molecule has 1 aromatic heterocycles. The Labute approximate surface area is 116 Å². The quantitative estimate of drug-likeness (QED) is 0.790. The van der Waals surface area contributed by atoms with Crippen molar-refractivity contribution in [3.8, 4) is 0 Å². The second-order valence-corrected chi connectivity index (χ2v) is 4.59. The third-order valence-electron chi connectivity index (χ3n) is 3.00. The van der Waals surface area contributed by atoms with Crippen LogP contribution < -0.4 is 5.32 Å². The number of nitrogens with one attached hydrogen (secondary N) is 1. The fourth-order valence-corrected chi connectivity index (χ4v) is 1.98. The van der Waals surface area contributed by atoms with E-state index in [1.165, 1.54) is 6.07 Å². The summed E-state index contributed by atoms with van der Waals surface area (Å²) in [6.07, 6.45) is 1.33. The van der Waals surface area contributed by atoms with Crippen molar-refractivity contribution in [1.82, 2.24) is 15.1 Å². The molecule has 0 aliphatic rings. The number of aliphatic hydroxyl groups excluding tert-OH is 1. The maximum absolute atomic E-state index is 13.4. The lowest BCUT2D eigenvalue weighted by Crippen LogP contribution is -2.25. The third kappa shape index (κ3) is 3.61. The van der Waals surface area contributed by atoms with E-state index in [-0.39, 0.29) is 12.1 Å². The molecule has 0 aliphatic heterocycles. The van der Waals surface area contributed by atoms with Crippen molar-refractivity contribution in [2.75, 3.05) is 13.1 Å². The zero-order chi connectivity index (χ0) is 14.5. The predicted octanol–water partition coefficient (Wildman–Crippen LogP) is 1.56. The Balaban J connectivity index is 1.82. The minimum Gasteiger partial charge on any atom is -0.387 e. The van der Waals surface area contributed by atoms with Crippen LogP contribution in [0.2, 0.25) is 0 Å². The number of aryl methyl sites for hydroxylation is 1. The minimum atomic E-state index is -1.21. The lowest BCUT2D eigenvalue weighted by atomic mass is 10.1. The van der Waals surface area contributed by atoms with Gasteiger partial charge in [0, 0.05) is 32.8 Å². The molecule has 1 aromatic carbocycles. The summed E-state index contributed by atoms with van der Waals surface area (Å²) in [7, 11) is 1.83. The SMILES string of the molecule is Cn1ccc(CCNCC(O)c2c(F)cccc2F)n1.